The van der Waals surface area contributed by atoms with E-state index in [1.807, 2.05) is 4.57 Å². The van der Waals surface area contributed by atoms with E-state index >= 15 is 0 Å². The van der Waals surface area contributed by atoms with E-state index in [0.717, 1.165) is 17.6 Å². The van der Waals surface area contributed by atoms with Gasteiger partial charge in [-0.05, 0) is 24.1 Å². The Labute approximate surface area is 100 Å². The molecule has 0 aliphatic rings. The largest absolute Gasteiger partial charge is 0.330 e. The number of rotatable bonds is 3. The Balaban J connectivity index is 2.58. The van der Waals surface area contributed by atoms with Crippen molar-refractivity contribution in [2.75, 3.05) is 0 Å². The first-order valence-corrected chi connectivity index (χ1v) is 6.90. The number of nitrogens with zero attached hydrogens (tertiary/aromatic N) is 2. The molecule has 0 spiro atoms. The van der Waals surface area contributed by atoms with Gasteiger partial charge < -0.3 is 4.57 Å². The van der Waals surface area contributed by atoms with Crippen LogP contribution in [0.4, 0.5) is 0 Å². The zero-order chi connectivity index (χ0) is 12.6. The maximum atomic E-state index is 11.3. The topological polar surface area (TPSA) is 78.0 Å². The van der Waals surface area contributed by atoms with Crippen LogP contribution < -0.4 is 5.14 Å². The molecule has 92 valence electrons. The zero-order valence-corrected chi connectivity index (χ0v) is 10.6. The fourth-order valence-corrected chi connectivity index (χ4v) is 2.29. The molecule has 1 heterocycles. The Morgan fingerprint density at radius 3 is 2.71 bits per heavy atom. The van der Waals surface area contributed by atoms with Gasteiger partial charge in [0.05, 0.1) is 22.3 Å². The molecule has 0 aliphatic heterocycles. The van der Waals surface area contributed by atoms with Gasteiger partial charge in [0.2, 0.25) is 10.0 Å². The van der Waals surface area contributed by atoms with Crippen LogP contribution in [0.5, 0.6) is 0 Å². The van der Waals surface area contributed by atoms with Gasteiger partial charge in [-0.1, -0.05) is 13.8 Å². The molecule has 0 saturated carbocycles. The van der Waals surface area contributed by atoms with Crippen molar-refractivity contribution in [2.24, 2.45) is 11.1 Å². The van der Waals surface area contributed by atoms with E-state index in [4.69, 9.17) is 5.14 Å². The summed E-state index contributed by atoms with van der Waals surface area (Å²) in [4.78, 5) is 4.34. The SMILES string of the molecule is CC(C)Cn1cnc2ccc(S(N)(=O)=O)cc21. The van der Waals surface area contributed by atoms with E-state index in [1.165, 1.54) is 6.07 Å². The minimum Gasteiger partial charge on any atom is -0.330 e. The monoisotopic (exact) mass is 253 g/mol. The quantitative estimate of drug-likeness (QED) is 0.896. The van der Waals surface area contributed by atoms with Crippen LogP contribution in [0.2, 0.25) is 0 Å². The summed E-state index contributed by atoms with van der Waals surface area (Å²) in [5.41, 5.74) is 1.57. The number of primary sulfonamides is 1. The summed E-state index contributed by atoms with van der Waals surface area (Å²) < 4.78 is 24.5. The van der Waals surface area contributed by atoms with Gasteiger partial charge in [0, 0.05) is 6.54 Å². The molecule has 0 saturated heterocycles. The van der Waals surface area contributed by atoms with E-state index in [0.29, 0.717) is 5.92 Å². The summed E-state index contributed by atoms with van der Waals surface area (Å²) in [5, 5.41) is 5.11. The van der Waals surface area contributed by atoms with E-state index in [1.54, 1.807) is 18.5 Å². The molecule has 17 heavy (non-hydrogen) atoms. The van der Waals surface area contributed by atoms with E-state index in [2.05, 4.69) is 18.8 Å². The number of imidazole rings is 1. The zero-order valence-electron chi connectivity index (χ0n) is 9.79. The smallest absolute Gasteiger partial charge is 0.238 e. The lowest BCUT2D eigenvalue weighted by Crippen LogP contribution is -2.12. The van der Waals surface area contributed by atoms with Crippen LogP contribution in [0.1, 0.15) is 13.8 Å². The van der Waals surface area contributed by atoms with Crippen LogP contribution in [0, 0.1) is 5.92 Å². The van der Waals surface area contributed by atoms with Crippen LogP contribution in [0.25, 0.3) is 11.0 Å². The summed E-state index contributed by atoms with van der Waals surface area (Å²) in [5.74, 6) is 0.463. The number of hydrogen-bond acceptors (Lipinski definition) is 3. The minimum atomic E-state index is -3.66. The number of hydrogen-bond donors (Lipinski definition) is 1. The van der Waals surface area contributed by atoms with Crippen molar-refractivity contribution in [3.63, 3.8) is 0 Å². The van der Waals surface area contributed by atoms with E-state index in [-0.39, 0.29) is 4.90 Å². The molecule has 2 rings (SSSR count). The average molecular weight is 253 g/mol. The van der Waals surface area contributed by atoms with Gasteiger partial charge in [-0.15, -0.1) is 0 Å². The molecule has 0 fully saturated rings. The van der Waals surface area contributed by atoms with E-state index < -0.39 is 10.0 Å². The first-order chi connectivity index (χ1) is 7.88. The number of fused-ring (bicyclic) bond motifs is 1. The van der Waals surface area contributed by atoms with Gasteiger partial charge in [-0.3, -0.25) is 0 Å². The van der Waals surface area contributed by atoms with Gasteiger partial charge in [0.25, 0.3) is 0 Å². The molecule has 6 heteroatoms. The fraction of sp³-hybridized carbons (Fsp3) is 0.364. The van der Waals surface area contributed by atoms with Gasteiger partial charge in [0.15, 0.2) is 0 Å². The minimum absolute atomic E-state index is 0.121. The van der Waals surface area contributed by atoms with Crippen molar-refractivity contribution in [3.05, 3.63) is 24.5 Å². The maximum absolute atomic E-state index is 11.3. The molecule has 2 N–H and O–H groups in total. The van der Waals surface area contributed by atoms with Crippen molar-refractivity contribution >= 4 is 21.1 Å². The molecule has 0 atom stereocenters. The van der Waals surface area contributed by atoms with Crippen molar-refractivity contribution in [1.29, 1.82) is 0 Å². The molecular weight excluding hydrogens is 238 g/mol. The summed E-state index contributed by atoms with van der Waals surface area (Å²) in [6, 6.07) is 4.72. The number of sulfonamides is 1. The summed E-state index contributed by atoms with van der Waals surface area (Å²) in [6.45, 7) is 4.98. The predicted molar refractivity (Wildman–Crippen MR) is 65.9 cm³/mol. The molecule has 0 unspecified atom stereocenters. The van der Waals surface area contributed by atoms with Crippen molar-refractivity contribution in [2.45, 2.75) is 25.3 Å². The number of benzene rings is 1. The molecule has 0 radical (unpaired) electrons. The van der Waals surface area contributed by atoms with Crippen molar-refractivity contribution in [3.8, 4) is 0 Å². The molecule has 2 aromatic rings. The molecular formula is C11H15N3O2S. The third kappa shape index (κ3) is 2.48. The van der Waals surface area contributed by atoms with Crippen LogP contribution in [-0.2, 0) is 16.6 Å². The normalized spacial score (nSPS) is 12.5. The van der Waals surface area contributed by atoms with Gasteiger partial charge >= 0.3 is 0 Å². The lowest BCUT2D eigenvalue weighted by molar-refractivity contribution is 0.532. The summed E-state index contributed by atoms with van der Waals surface area (Å²) in [7, 11) is -3.66. The molecule has 5 nitrogen and oxygen atoms in total. The van der Waals surface area contributed by atoms with Gasteiger partial charge in [0.1, 0.15) is 0 Å². The summed E-state index contributed by atoms with van der Waals surface area (Å²) in [6.07, 6.45) is 1.72. The van der Waals surface area contributed by atoms with Gasteiger partial charge in [-0.25, -0.2) is 18.5 Å². The molecule has 1 aromatic carbocycles. The number of nitrogens with two attached hydrogens (primary N) is 1. The van der Waals surface area contributed by atoms with Crippen molar-refractivity contribution < 1.29 is 8.42 Å². The Bertz CT molecular complexity index is 644. The standard InChI is InChI=1S/C11H15N3O2S/c1-8(2)6-14-7-13-10-4-3-9(5-11(10)14)17(12,15)16/h3-5,7-8H,6H2,1-2H3,(H2,12,15,16). The van der Waals surface area contributed by atoms with Crippen molar-refractivity contribution in [1.82, 2.24) is 9.55 Å². The first kappa shape index (κ1) is 12.1. The third-order valence-electron chi connectivity index (χ3n) is 2.48. The Morgan fingerprint density at radius 2 is 2.12 bits per heavy atom. The van der Waals surface area contributed by atoms with Crippen LogP contribution in [-0.4, -0.2) is 18.0 Å². The second-order valence-electron chi connectivity index (χ2n) is 4.49. The van der Waals surface area contributed by atoms with Crippen LogP contribution in [0.3, 0.4) is 0 Å². The third-order valence-corrected chi connectivity index (χ3v) is 3.39. The van der Waals surface area contributed by atoms with Crippen LogP contribution in [0.15, 0.2) is 29.4 Å². The highest BCUT2D eigenvalue weighted by Crippen LogP contribution is 2.18. The average Bonchev–Trinajstić information content (AvgIpc) is 2.59. The highest BCUT2D eigenvalue weighted by atomic mass is 32.2. The maximum Gasteiger partial charge on any atom is 0.238 e. The first-order valence-electron chi connectivity index (χ1n) is 5.35. The molecule has 0 amide bonds. The number of aromatic nitrogens is 2. The second kappa shape index (κ2) is 4.12. The Hall–Kier alpha value is -1.40. The fourth-order valence-electron chi connectivity index (χ4n) is 1.75. The predicted octanol–water partition coefficient (Wildman–Crippen LogP) is 1.34. The highest BCUT2D eigenvalue weighted by molar-refractivity contribution is 7.89. The molecule has 0 aliphatic carbocycles. The molecule has 1 aromatic heterocycles. The summed E-state index contributed by atoms with van der Waals surface area (Å²) >= 11 is 0. The van der Waals surface area contributed by atoms with E-state index in [9.17, 15) is 8.42 Å². The van der Waals surface area contributed by atoms with Crippen LogP contribution >= 0.6 is 0 Å². The second-order valence-corrected chi connectivity index (χ2v) is 6.05. The van der Waals surface area contributed by atoms with Gasteiger partial charge in [-0.2, -0.15) is 0 Å². The Morgan fingerprint density at radius 1 is 1.41 bits per heavy atom. The Kier molecular flexibility index (Phi) is 2.92. The lowest BCUT2D eigenvalue weighted by Gasteiger charge is -2.07. The molecule has 0 bridgehead atoms. The lowest BCUT2D eigenvalue weighted by atomic mass is 10.2. The highest BCUT2D eigenvalue weighted by Gasteiger charge is 2.11.